The Labute approximate surface area is 134 Å². The van der Waals surface area contributed by atoms with E-state index in [0.717, 1.165) is 13.1 Å². The van der Waals surface area contributed by atoms with Crippen molar-refractivity contribution in [1.82, 2.24) is 9.62 Å². The predicted molar refractivity (Wildman–Crippen MR) is 87.2 cm³/mol. The van der Waals surface area contributed by atoms with Gasteiger partial charge in [-0.3, -0.25) is 4.72 Å². The number of nitrogens with zero attached hydrogens (tertiary/aromatic N) is 1. The van der Waals surface area contributed by atoms with E-state index in [1.165, 1.54) is 17.4 Å². The maximum Gasteiger partial charge on any atom is 0.301 e. The molecule has 2 N–H and O–H groups in total. The molecular formula is C13H21BrFN3O2S. The third-order valence-electron chi connectivity index (χ3n) is 2.99. The van der Waals surface area contributed by atoms with Gasteiger partial charge < -0.3 is 5.32 Å². The van der Waals surface area contributed by atoms with Crippen molar-refractivity contribution in [3.05, 3.63) is 28.0 Å². The zero-order valence-corrected chi connectivity index (χ0v) is 14.8. The summed E-state index contributed by atoms with van der Waals surface area (Å²) >= 11 is 3.07. The van der Waals surface area contributed by atoms with Crippen molar-refractivity contribution < 1.29 is 12.8 Å². The Morgan fingerprint density at radius 3 is 2.67 bits per heavy atom. The second-order valence-corrected chi connectivity index (χ2v) is 7.35. The highest BCUT2D eigenvalue weighted by Gasteiger charge is 2.18. The fraction of sp³-hybridized carbons (Fsp3) is 0.538. The van der Waals surface area contributed by atoms with E-state index in [4.69, 9.17) is 0 Å². The van der Waals surface area contributed by atoms with Crippen LogP contribution >= 0.6 is 15.9 Å². The summed E-state index contributed by atoms with van der Waals surface area (Å²) in [5, 5.41) is 3.13. The standard InChI is InChI=1S/C13H21BrFN3O2S/c1-4-16-6-5-7-18(3)21(19,20)17-13-9-12(15)11(14)8-10(13)2/h8-9,16-17H,4-7H2,1-3H3. The Morgan fingerprint density at radius 2 is 2.05 bits per heavy atom. The second-order valence-electron chi connectivity index (χ2n) is 4.72. The van der Waals surface area contributed by atoms with Crippen molar-refractivity contribution in [1.29, 1.82) is 0 Å². The molecule has 0 radical (unpaired) electrons. The van der Waals surface area contributed by atoms with Gasteiger partial charge >= 0.3 is 10.2 Å². The van der Waals surface area contributed by atoms with Crippen LogP contribution in [-0.4, -0.2) is 39.4 Å². The highest BCUT2D eigenvalue weighted by Crippen LogP contribution is 2.25. The van der Waals surface area contributed by atoms with Gasteiger partial charge in [0.25, 0.3) is 0 Å². The third kappa shape index (κ3) is 5.54. The molecule has 0 atom stereocenters. The fourth-order valence-electron chi connectivity index (χ4n) is 1.70. The van der Waals surface area contributed by atoms with Gasteiger partial charge in [-0.05, 0) is 60.1 Å². The van der Waals surface area contributed by atoms with E-state index in [2.05, 4.69) is 26.0 Å². The summed E-state index contributed by atoms with van der Waals surface area (Å²) in [6.45, 7) is 5.70. The van der Waals surface area contributed by atoms with Crippen molar-refractivity contribution in [2.45, 2.75) is 20.3 Å². The molecule has 0 saturated heterocycles. The quantitative estimate of drug-likeness (QED) is 0.680. The first-order valence-corrected chi connectivity index (χ1v) is 8.91. The van der Waals surface area contributed by atoms with Crippen molar-refractivity contribution >= 4 is 31.8 Å². The number of benzene rings is 1. The molecule has 0 spiro atoms. The topological polar surface area (TPSA) is 61.4 Å². The molecule has 0 heterocycles. The minimum atomic E-state index is -3.68. The molecule has 1 aromatic rings. The van der Waals surface area contributed by atoms with E-state index < -0.39 is 16.0 Å². The summed E-state index contributed by atoms with van der Waals surface area (Å²) in [6.07, 6.45) is 0.707. The van der Waals surface area contributed by atoms with Crippen molar-refractivity contribution in [2.75, 3.05) is 31.4 Å². The molecule has 0 aromatic heterocycles. The molecular weight excluding hydrogens is 361 g/mol. The molecule has 0 fully saturated rings. The molecule has 21 heavy (non-hydrogen) atoms. The van der Waals surface area contributed by atoms with Crippen LogP contribution in [-0.2, 0) is 10.2 Å². The summed E-state index contributed by atoms with van der Waals surface area (Å²) in [5.41, 5.74) is 0.891. The molecule has 0 saturated carbocycles. The first-order valence-electron chi connectivity index (χ1n) is 6.68. The number of hydrogen-bond acceptors (Lipinski definition) is 3. The van der Waals surface area contributed by atoms with E-state index in [1.807, 2.05) is 6.92 Å². The maximum atomic E-state index is 13.5. The SMILES string of the molecule is CCNCCCN(C)S(=O)(=O)Nc1cc(F)c(Br)cc1C. The number of halogens is 2. The van der Waals surface area contributed by atoms with E-state index in [-0.39, 0.29) is 5.69 Å². The van der Waals surface area contributed by atoms with Gasteiger partial charge in [-0.15, -0.1) is 0 Å². The van der Waals surface area contributed by atoms with E-state index >= 15 is 0 Å². The fourth-order valence-corrected chi connectivity index (χ4v) is 3.18. The Morgan fingerprint density at radius 1 is 1.38 bits per heavy atom. The van der Waals surface area contributed by atoms with Gasteiger partial charge in [-0.1, -0.05) is 6.92 Å². The van der Waals surface area contributed by atoms with Crippen LogP contribution in [0.1, 0.15) is 18.9 Å². The van der Waals surface area contributed by atoms with Crippen LogP contribution in [0.25, 0.3) is 0 Å². The molecule has 0 amide bonds. The lowest BCUT2D eigenvalue weighted by atomic mass is 10.2. The zero-order chi connectivity index (χ0) is 16.0. The summed E-state index contributed by atoms with van der Waals surface area (Å²) in [6, 6.07) is 2.71. The van der Waals surface area contributed by atoms with E-state index in [0.29, 0.717) is 23.0 Å². The van der Waals surface area contributed by atoms with E-state index in [1.54, 1.807) is 13.0 Å². The van der Waals surface area contributed by atoms with Crippen LogP contribution in [0, 0.1) is 12.7 Å². The largest absolute Gasteiger partial charge is 0.317 e. The van der Waals surface area contributed by atoms with Gasteiger partial charge in [-0.25, -0.2) is 4.39 Å². The molecule has 1 aromatic carbocycles. The molecule has 0 unspecified atom stereocenters. The van der Waals surface area contributed by atoms with Gasteiger partial charge in [0.05, 0.1) is 10.2 Å². The number of rotatable bonds is 8. The zero-order valence-electron chi connectivity index (χ0n) is 12.4. The Kier molecular flexibility index (Phi) is 7.05. The van der Waals surface area contributed by atoms with Gasteiger partial charge in [0.1, 0.15) is 5.82 Å². The molecule has 0 aliphatic rings. The number of hydrogen-bond donors (Lipinski definition) is 2. The normalized spacial score (nSPS) is 11.9. The van der Waals surface area contributed by atoms with Crippen LogP contribution < -0.4 is 10.0 Å². The number of nitrogens with one attached hydrogen (secondary N) is 2. The van der Waals surface area contributed by atoms with Crippen molar-refractivity contribution in [3.8, 4) is 0 Å². The Hall–Kier alpha value is -0.700. The van der Waals surface area contributed by atoms with E-state index in [9.17, 15) is 12.8 Å². The second kappa shape index (κ2) is 8.07. The number of anilines is 1. The van der Waals surface area contributed by atoms with Crippen molar-refractivity contribution in [2.24, 2.45) is 0 Å². The summed E-state index contributed by atoms with van der Waals surface area (Å²) in [4.78, 5) is 0. The van der Waals surface area contributed by atoms with Gasteiger partial charge in [0.15, 0.2) is 0 Å². The molecule has 8 heteroatoms. The van der Waals surface area contributed by atoms with Gasteiger partial charge in [-0.2, -0.15) is 12.7 Å². The van der Waals surface area contributed by atoms with Gasteiger partial charge in [0, 0.05) is 13.6 Å². The molecule has 0 aliphatic heterocycles. The maximum absolute atomic E-state index is 13.5. The first-order chi connectivity index (χ1) is 9.77. The highest BCUT2D eigenvalue weighted by molar-refractivity contribution is 9.10. The summed E-state index contributed by atoms with van der Waals surface area (Å²) in [5.74, 6) is -0.506. The minimum absolute atomic E-state index is 0.245. The number of aryl methyl sites for hydroxylation is 1. The predicted octanol–water partition coefficient (Wildman–Crippen LogP) is 2.48. The molecule has 0 aliphatic carbocycles. The monoisotopic (exact) mass is 381 g/mol. The lowest BCUT2D eigenvalue weighted by molar-refractivity contribution is 0.459. The third-order valence-corrected chi connectivity index (χ3v) is 5.08. The van der Waals surface area contributed by atoms with Crippen LogP contribution in [0.5, 0.6) is 0 Å². The van der Waals surface area contributed by atoms with Crippen LogP contribution in [0.2, 0.25) is 0 Å². The highest BCUT2D eigenvalue weighted by atomic mass is 79.9. The van der Waals surface area contributed by atoms with Crippen LogP contribution in [0.4, 0.5) is 10.1 Å². The Bertz CT molecular complexity index is 581. The molecule has 0 bridgehead atoms. The molecule has 5 nitrogen and oxygen atoms in total. The average Bonchev–Trinajstić information content (AvgIpc) is 2.40. The Balaban J connectivity index is 2.74. The van der Waals surface area contributed by atoms with Crippen LogP contribution in [0.3, 0.4) is 0 Å². The average molecular weight is 382 g/mol. The summed E-state index contributed by atoms with van der Waals surface area (Å²) < 4.78 is 41.8. The molecule has 120 valence electrons. The lowest BCUT2D eigenvalue weighted by Crippen LogP contribution is -2.34. The molecule has 1 rings (SSSR count). The first kappa shape index (κ1) is 18.3. The summed E-state index contributed by atoms with van der Waals surface area (Å²) in [7, 11) is -2.18. The minimum Gasteiger partial charge on any atom is -0.317 e. The van der Waals surface area contributed by atoms with Crippen molar-refractivity contribution in [3.63, 3.8) is 0 Å². The smallest absolute Gasteiger partial charge is 0.301 e. The van der Waals surface area contributed by atoms with Crippen LogP contribution in [0.15, 0.2) is 16.6 Å². The van der Waals surface area contributed by atoms with Gasteiger partial charge in [0.2, 0.25) is 0 Å². The lowest BCUT2D eigenvalue weighted by Gasteiger charge is -2.19.